The van der Waals surface area contributed by atoms with Gasteiger partial charge in [-0.3, -0.25) is 19.4 Å². The van der Waals surface area contributed by atoms with E-state index in [4.69, 9.17) is 17.2 Å². The zero-order chi connectivity index (χ0) is 33.9. The highest BCUT2D eigenvalue weighted by atomic mass is 32.2. The number of H-pyrrole nitrogens is 1. The summed E-state index contributed by atoms with van der Waals surface area (Å²) in [5.41, 5.74) is 4.84. The van der Waals surface area contributed by atoms with Crippen LogP contribution in [0.2, 0.25) is 0 Å². The number of fused-ring (bicyclic) bond motifs is 2. The van der Waals surface area contributed by atoms with Crippen LogP contribution < -0.4 is 4.90 Å². The van der Waals surface area contributed by atoms with Crippen LogP contribution in [0.25, 0.3) is 38.9 Å². The molecule has 1 atom stereocenters. The van der Waals surface area contributed by atoms with Gasteiger partial charge in [-0.1, -0.05) is 38.7 Å². The van der Waals surface area contributed by atoms with Crippen LogP contribution in [0, 0.1) is 24.3 Å². The number of anilines is 1. The number of piperazine rings is 1. The Balaban J connectivity index is 1.78. The number of benzene rings is 1. The molecular weight excluding hydrogens is 638 g/mol. The maximum atomic E-state index is 16.6. The van der Waals surface area contributed by atoms with Crippen molar-refractivity contribution in [2.24, 2.45) is 0 Å². The predicted molar refractivity (Wildman–Crippen MR) is 185 cm³/mol. The highest BCUT2D eigenvalue weighted by molar-refractivity contribution is 7.91. The van der Waals surface area contributed by atoms with Crippen molar-refractivity contribution in [1.82, 2.24) is 29.6 Å². The van der Waals surface area contributed by atoms with Crippen molar-refractivity contribution in [3.63, 3.8) is 0 Å². The lowest BCUT2D eigenvalue weighted by Gasteiger charge is -2.41. The molecule has 10 nitrogen and oxygen atoms in total. The maximum absolute atomic E-state index is 16.6. The van der Waals surface area contributed by atoms with E-state index in [9.17, 15) is 13.2 Å². The van der Waals surface area contributed by atoms with E-state index in [-0.39, 0.29) is 50.7 Å². The molecule has 5 heterocycles. The van der Waals surface area contributed by atoms with Crippen molar-refractivity contribution in [1.29, 1.82) is 0 Å². The number of carbonyl (C=O) groups excluding carboxylic acids is 1. The summed E-state index contributed by atoms with van der Waals surface area (Å²) in [7, 11) is -3.98. The Kier molecular flexibility index (Phi) is 8.25. The molecule has 47 heavy (non-hydrogen) atoms. The number of rotatable bonds is 6. The standard InChI is InChI=1S/C34H36FN7O3S2/c1-8-26(43)41-14-13-40(17-21(41)6)31-22-15-24(35)29(27-19(4)9-10-25-23(27)16-37-39-25)38-33(22)42(34(46)32(31)47(7,44)45)30-20(5)11-12-36-28(30)18(2)3/h8-12,15-16,18,21H,1,13-14,17H2,2-7H3,(H,37,39)/t21-/m1/s1. The number of halogens is 1. The highest BCUT2D eigenvalue weighted by Gasteiger charge is 2.34. The van der Waals surface area contributed by atoms with E-state index in [1.165, 1.54) is 12.1 Å². The van der Waals surface area contributed by atoms with Gasteiger partial charge < -0.3 is 9.80 Å². The lowest BCUT2D eigenvalue weighted by atomic mass is 9.99. The van der Waals surface area contributed by atoms with Crippen LogP contribution in [0.4, 0.5) is 10.1 Å². The number of amides is 1. The first-order chi connectivity index (χ1) is 22.2. The largest absolute Gasteiger partial charge is 0.366 e. The average Bonchev–Trinajstić information content (AvgIpc) is 3.49. The molecule has 1 N–H and O–H groups in total. The minimum absolute atomic E-state index is 0.0218. The molecule has 0 bridgehead atoms. The molecule has 1 aromatic carbocycles. The summed E-state index contributed by atoms with van der Waals surface area (Å²) in [6.45, 7) is 14.2. The summed E-state index contributed by atoms with van der Waals surface area (Å²) in [4.78, 5) is 25.7. The molecule has 244 valence electrons. The van der Waals surface area contributed by atoms with Crippen molar-refractivity contribution in [2.75, 3.05) is 30.8 Å². The molecule has 1 fully saturated rings. The molecule has 0 spiro atoms. The van der Waals surface area contributed by atoms with Gasteiger partial charge in [-0.05, 0) is 62.1 Å². The topological polar surface area (TPSA) is 117 Å². The van der Waals surface area contributed by atoms with Gasteiger partial charge in [-0.15, -0.1) is 0 Å². The average molecular weight is 674 g/mol. The van der Waals surface area contributed by atoms with E-state index in [2.05, 4.69) is 21.8 Å². The van der Waals surface area contributed by atoms with Crippen LogP contribution in [0.1, 0.15) is 43.5 Å². The fourth-order valence-electron chi connectivity index (χ4n) is 6.61. The number of nitrogens with zero attached hydrogens (tertiary/aromatic N) is 6. The Morgan fingerprint density at radius 1 is 1.15 bits per heavy atom. The third-order valence-corrected chi connectivity index (χ3v) is 10.4. The van der Waals surface area contributed by atoms with E-state index in [1.807, 2.05) is 57.7 Å². The normalized spacial score (nSPS) is 15.6. The number of hydrogen-bond donors (Lipinski definition) is 1. The van der Waals surface area contributed by atoms with E-state index >= 15 is 4.39 Å². The number of hydrogen-bond acceptors (Lipinski definition) is 8. The molecule has 13 heteroatoms. The minimum atomic E-state index is -3.98. The lowest BCUT2D eigenvalue weighted by Crippen LogP contribution is -2.54. The van der Waals surface area contributed by atoms with Crippen molar-refractivity contribution in [3.05, 3.63) is 76.6 Å². The molecular formula is C34H36FN7O3S2. The zero-order valence-corrected chi connectivity index (χ0v) is 28.8. The molecule has 4 aromatic heterocycles. The zero-order valence-electron chi connectivity index (χ0n) is 27.1. The van der Waals surface area contributed by atoms with Crippen LogP contribution in [0.5, 0.6) is 0 Å². The Morgan fingerprint density at radius 2 is 1.89 bits per heavy atom. The maximum Gasteiger partial charge on any atom is 0.246 e. The van der Waals surface area contributed by atoms with Crippen LogP contribution in [0.3, 0.4) is 0 Å². The number of nitrogens with one attached hydrogen (secondary N) is 1. The summed E-state index contributed by atoms with van der Waals surface area (Å²) in [6.07, 6.45) is 5.72. The fourth-order valence-corrected chi connectivity index (χ4v) is 8.33. The van der Waals surface area contributed by atoms with E-state index in [0.29, 0.717) is 41.1 Å². The number of carbonyl (C=O) groups is 1. The van der Waals surface area contributed by atoms with Crippen molar-refractivity contribution < 1.29 is 17.6 Å². The van der Waals surface area contributed by atoms with Crippen LogP contribution in [0.15, 0.2) is 54.2 Å². The Morgan fingerprint density at radius 3 is 2.55 bits per heavy atom. The van der Waals surface area contributed by atoms with Gasteiger partial charge in [0.05, 0.1) is 28.8 Å². The quantitative estimate of drug-likeness (QED) is 0.167. The molecule has 1 saturated heterocycles. The van der Waals surface area contributed by atoms with Crippen molar-refractivity contribution in [3.8, 4) is 16.9 Å². The van der Waals surface area contributed by atoms with Crippen LogP contribution >= 0.6 is 12.2 Å². The van der Waals surface area contributed by atoms with E-state index in [1.54, 1.807) is 21.9 Å². The van der Waals surface area contributed by atoms with Crippen molar-refractivity contribution >= 4 is 55.6 Å². The first-order valence-electron chi connectivity index (χ1n) is 15.3. The second kappa shape index (κ2) is 11.9. The summed E-state index contributed by atoms with van der Waals surface area (Å²) in [5, 5.41) is 8.10. The third kappa shape index (κ3) is 5.40. The molecule has 5 aromatic rings. The lowest BCUT2D eigenvalue weighted by molar-refractivity contribution is -0.128. The Labute approximate surface area is 277 Å². The number of sulfone groups is 1. The Bertz CT molecular complexity index is 2280. The summed E-state index contributed by atoms with van der Waals surface area (Å²) >= 11 is 6.11. The van der Waals surface area contributed by atoms with Gasteiger partial charge in [0.25, 0.3) is 0 Å². The van der Waals surface area contributed by atoms with E-state index < -0.39 is 15.7 Å². The SMILES string of the molecule is C=CC(=O)N1CCN(c2c(S(C)(=O)=O)c(=S)n(-c3c(C)ccnc3C(C)C)c3nc(-c4c(C)ccc5[nH]ncc45)c(F)cc23)C[C@H]1C. The minimum Gasteiger partial charge on any atom is -0.366 e. The second-order valence-corrected chi connectivity index (χ2v) is 14.8. The molecule has 0 saturated carbocycles. The molecule has 0 unspecified atom stereocenters. The number of aromatic nitrogens is 5. The van der Waals surface area contributed by atoms with Gasteiger partial charge >= 0.3 is 0 Å². The smallest absolute Gasteiger partial charge is 0.246 e. The number of aromatic amines is 1. The third-order valence-electron chi connectivity index (χ3n) is 8.80. The first-order valence-corrected chi connectivity index (χ1v) is 17.6. The molecule has 1 amide bonds. The van der Waals surface area contributed by atoms with Gasteiger partial charge in [-0.2, -0.15) is 5.10 Å². The monoisotopic (exact) mass is 673 g/mol. The van der Waals surface area contributed by atoms with Crippen molar-refractivity contribution in [2.45, 2.75) is 51.5 Å². The fraction of sp³-hybridized carbons (Fsp3) is 0.324. The summed E-state index contributed by atoms with van der Waals surface area (Å²) < 4.78 is 45.8. The van der Waals surface area contributed by atoms with E-state index in [0.717, 1.165) is 22.9 Å². The molecule has 6 rings (SSSR count). The summed E-state index contributed by atoms with van der Waals surface area (Å²) in [5.74, 6) is -0.893. The Hall–Kier alpha value is -4.49. The number of aryl methyl sites for hydroxylation is 2. The predicted octanol–water partition coefficient (Wildman–Crippen LogP) is 6.20. The highest BCUT2D eigenvalue weighted by Crippen LogP contribution is 2.41. The van der Waals surface area contributed by atoms with Gasteiger partial charge in [0, 0.05) is 54.5 Å². The number of pyridine rings is 3. The molecule has 1 aliphatic rings. The van der Waals surface area contributed by atoms with Gasteiger partial charge in [-0.25, -0.2) is 17.8 Å². The summed E-state index contributed by atoms with van der Waals surface area (Å²) in [6, 6.07) is 6.66. The van der Waals surface area contributed by atoms with Gasteiger partial charge in [0.1, 0.15) is 26.7 Å². The van der Waals surface area contributed by atoms with Gasteiger partial charge in [0.2, 0.25) is 5.91 Å². The van der Waals surface area contributed by atoms with Crippen LogP contribution in [-0.2, 0) is 14.6 Å². The molecule has 0 aliphatic carbocycles. The van der Waals surface area contributed by atoms with Gasteiger partial charge in [0.15, 0.2) is 9.84 Å². The van der Waals surface area contributed by atoms with Crippen LogP contribution in [-0.4, -0.2) is 75.9 Å². The second-order valence-electron chi connectivity index (χ2n) is 12.4. The molecule has 0 radical (unpaired) electrons. The first kappa shape index (κ1) is 32.5. The molecule has 1 aliphatic heterocycles.